The summed E-state index contributed by atoms with van der Waals surface area (Å²) < 4.78 is 33.2. The van der Waals surface area contributed by atoms with Gasteiger partial charge in [-0.3, -0.25) is 23.4 Å². The molecule has 2 unspecified atom stereocenters. The van der Waals surface area contributed by atoms with Crippen molar-refractivity contribution in [3.63, 3.8) is 0 Å². The smallest absolute Gasteiger partial charge is 0.371 e. The molecule has 1 aliphatic heterocycles. The first-order chi connectivity index (χ1) is 11.8. The van der Waals surface area contributed by atoms with Gasteiger partial charge in [-0.2, -0.15) is 0 Å². The second-order valence-corrected chi connectivity index (χ2v) is 7.01. The summed E-state index contributed by atoms with van der Waals surface area (Å²) in [5.41, 5.74) is -0.736. The van der Waals surface area contributed by atoms with Crippen molar-refractivity contribution in [2.75, 3.05) is 20.3 Å². The molecule has 4 atom stereocenters. The average molecular weight is 376 g/mol. The fourth-order valence-corrected chi connectivity index (χ4v) is 2.85. The van der Waals surface area contributed by atoms with Crippen molar-refractivity contribution in [1.82, 2.24) is 9.55 Å². The van der Waals surface area contributed by atoms with E-state index in [-0.39, 0.29) is 19.6 Å². The topological polar surface area (TPSA) is 129 Å². The van der Waals surface area contributed by atoms with Gasteiger partial charge in [-0.05, 0) is 6.92 Å². The van der Waals surface area contributed by atoms with Crippen LogP contribution in [0.15, 0.2) is 28.4 Å². The van der Waals surface area contributed by atoms with Gasteiger partial charge >= 0.3 is 13.5 Å². The first kappa shape index (κ1) is 19.8. The van der Waals surface area contributed by atoms with Crippen molar-refractivity contribution in [1.29, 1.82) is 0 Å². The van der Waals surface area contributed by atoms with Crippen molar-refractivity contribution in [3.05, 3.63) is 45.3 Å². The molecule has 25 heavy (non-hydrogen) atoms. The number of phosphoric acid groups is 1. The van der Waals surface area contributed by atoms with Crippen LogP contribution < -0.4 is 11.2 Å². The molecular formula is C14H21N2O8P. The Bertz CT molecular complexity index is 773. The Kier molecular flexibility index (Phi) is 6.50. The van der Waals surface area contributed by atoms with E-state index in [9.17, 15) is 19.0 Å². The van der Waals surface area contributed by atoms with Gasteiger partial charge in [0.2, 0.25) is 0 Å². The number of nitrogens with zero attached hydrogens (tertiary/aromatic N) is 1. The second-order valence-electron chi connectivity index (χ2n) is 5.45. The number of ether oxygens (including phenoxy) is 2. The first-order valence-corrected chi connectivity index (χ1v) is 9.00. The third kappa shape index (κ3) is 4.97. The summed E-state index contributed by atoms with van der Waals surface area (Å²) in [5.74, 6) is 0. The minimum atomic E-state index is -4.17. The summed E-state index contributed by atoms with van der Waals surface area (Å²) in [6, 6.07) is 0. The molecule has 1 fully saturated rings. The highest BCUT2D eigenvalue weighted by molar-refractivity contribution is 7.47. The van der Waals surface area contributed by atoms with E-state index in [1.807, 2.05) is 0 Å². The lowest BCUT2D eigenvalue weighted by molar-refractivity contribution is -0.0578. The summed E-state index contributed by atoms with van der Waals surface area (Å²) in [6.45, 7) is 5.09. The minimum Gasteiger partial charge on any atom is -0.371 e. The molecule has 2 N–H and O–H groups in total. The Morgan fingerprint density at radius 2 is 2.28 bits per heavy atom. The van der Waals surface area contributed by atoms with E-state index in [2.05, 4.69) is 16.1 Å². The number of hydrogen-bond acceptors (Lipinski definition) is 7. The average Bonchev–Trinajstić information content (AvgIpc) is 2.97. The Morgan fingerprint density at radius 3 is 2.92 bits per heavy atom. The molecule has 0 radical (unpaired) electrons. The molecule has 1 aromatic rings. The van der Waals surface area contributed by atoms with Gasteiger partial charge in [-0.25, -0.2) is 9.36 Å². The number of phosphoric ester groups is 1. The minimum absolute atomic E-state index is 0.234. The predicted molar refractivity (Wildman–Crippen MR) is 87.3 cm³/mol. The maximum Gasteiger partial charge on any atom is 0.472 e. The summed E-state index contributed by atoms with van der Waals surface area (Å²) in [7, 11) is -3.12. The summed E-state index contributed by atoms with van der Waals surface area (Å²) in [5, 5.41) is 0. The molecule has 2 heterocycles. The molecule has 0 saturated carbocycles. The lowest BCUT2D eigenvalue weighted by Crippen LogP contribution is -2.33. The number of rotatable bonds is 8. The highest BCUT2D eigenvalue weighted by Crippen LogP contribution is 2.43. The molecule has 140 valence electrons. The van der Waals surface area contributed by atoms with E-state index in [1.165, 1.54) is 10.8 Å². The van der Waals surface area contributed by atoms with Crippen molar-refractivity contribution in [3.8, 4) is 0 Å². The van der Waals surface area contributed by atoms with Gasteiger partial charge in [0.1, 0.15) is 12.3 Å². The molecule has 0 aliphatic carbocycles. The number of nitrogens with one attached hydrogen (secondary N) is 1. The van der Waals surface area contributed by atoms with Crippen LogP contribution in [0.3, 0.4) is 0 Å². The van der Waals surface area contributed by atoms with E-state index < -0.39 is 37.5 Å². The van der Waals surface area contributed by atoms with Crippen molar-refractivity contribution in [2.24, 2.45) is 0 Å². The molecule has 1 aliphatic rings. The Balaban J connectivity index is 2.18. The van der Waals surface area contributed by atoms with Gasteiger partial charge in [0, 0.05) is 25.3 Å². The Hall–Kier alpha value is -1.55. The van der Waals surface area contributed by atoms with Crippen LogP contribution in [0, 0.1) is 6.92 Å². The van der Waals surface area contributed by atoms with Crippen LogP contribution in [-0.2, 0) is 23.1 Å². The molecule has 1 aromatic heterocycles. The van der Waals surface area contributed by atoms with Crippen molar-refractivity contribution in [2.45, 2.75) is 31.8 Å². The highest BCUT2D eigenvalue weighted by atomic mass is 31.2. The normalized spacial score (nSPS) is 25.6. The molecule has 0 spiro atoms. The van der Waals surface area contributed by atoms with Crippen LogP contribution in [0.5, 0.6) is 0 Å². The molecule has 11 heteroatoms. The predicted octanol–water partition coefficient (Wildman–Crippen LogP) is 0.467. The van der Waals surface area contributed by atoms with Crippen LogP contribution in [0.1, 0.15) is 18.2 Å². The zero-order chi connectivity index (χ0) is 18.6. The van der Waals surface area contributed by atoms with Gasteiger partial charge in [0.15, 0.2) is 0 Å². The molecular weight excluding hydrogens is 355 g/mol. The summed E-state index contributed by atoms with van der Waals surface area (Å²) in [6.07, 6.45) is 1.31. The van der Waals surface area contributed by atoms with Gasteiger partial charge < -0.3 is 14.4 Å². The molecule has 0 bridgehead atoms. The molecule has 2 rings (SSSR count). The van der Waals surface area contributed by atoms with Crippen LogP contribution in [0.2, 0.25) is 0 Å². The number of aromatic amines is 1. The first-order valence-electron chi connectivity index (χ1n) is 7.50. The standard InChI is InChI=1S/C14H21N2O8P/c1-4-5-22-10-6-12(16-7-9(2)13(17)15-14(16)18)24-11(10)8-23-25(19,20)21-3/h4,7,10-12H,1,5-6,8H2,2-3H3,(H,19,20)(H,15,17,18)/t10?,11-,12-/m1/s1. The largest absolute Gasteiger partial charge is 0.472 e. The number of hydrogen-bond donors (Lipinski definition) is 2. The second kappa shape index (κ2) is 8.22. The van der Waals surface area contributed by atoms with Crippen LogP contribution in [0.25, 0.3) is 0 Å². The lowest BCUT2D eigenvalue weighted by atomic mass is 10.2. The molecule has 0 aromatic carbocycles. The van der Waals surface area contributed by atoms with Gasteiger partial charge in [0.05, 0.1) is 19.3 Å². The molecule has 1 saturated heterocycles. The quantitative estimate of drug-likeness (QED) is 0.495. The summed E-state index contributed by atoms with van der Waals surface area (Å²) in [4.78, 5) is 35.0. The third-order valence-corrected chi connectivity index (χ3v) is 4.63. The number of aryl methyl sites for hydroxylation is 1. The Morgan fingerprint density at radius 1 is 1.56 bits per heavy atom. The maximum absolute atomic E-state index is 12.0. The zero-order valence-corrected chi connectivity index (χ0v) is 14.8. The highest BCUT2D eigenvalue weighted by Gasteiger charge is 2.39. The third-order valence-electron chi connectivity index (χ3n) is 3.70. The van der Waals surface area contributed by atoms with Crippen LogP contribution in [-0.4, -0.2) is 47.0 Å². The molecule has 0 amide bonds. The summed E-state index contributed by atoms with van der Waals surface area (Å²) >= 11 is 0. The van der Waals surface area contributed by atoms with Crippen molar-refractivity contribution < 1.29 is 28.0 Å². The maximum atomic E-state index is 12.0. The van der Waals surface area contributed by atoms with Crippen molar-refractivity contribution >= 4 is 7.82 Å². The Labute approximate surface area is 143 Å². The van der Waals surface area contributed by atoms with E-state index >= 15 is 0 Å². The van der Waals surface area contributed by atoms with Crippen LogP contribution in [0.4, 0.5) is 0 Å². The van der Waals surface area contributed by atoms with Gasteiger partial charge in [-0.15, -0.1) is 6.58 Å². The van der Waals surface area contributed by atoms with E-state index in [0.29, 0.717) is 5.56 Å². The van der Waals surface area contributed by atoms with E-state index in [4.69, 9.17) is 14.0 Å². The van der Waals surface area contributed by atoms with E-state index in [0.717, 1.165) is 7.11 Å². The fourth-order valence-electron chi connectivity index (χ4n) is 2.41. The van der Waals surface area contributed by atoms with Gasteiger partial charge in [0.25, 0.3) is 5.56 Å². The zero-order valence-electron chi connectivity index (χ0n) is 13.9. The molecule has 10 nitrogen and oxygen atoms in total. The monoisotopic (exact) mass is 376 g/mol. The SMILES string of the molecule is C=CCOC1C[C@H](n2cc(C)c(=O)[nH]c2=O)O[C@@H]1COP(=O)(O)OC. The van der Waals surface area contributed by atoms with Crippen LogP contribution >= 0.6 is 7.82 Å². The van der Waals surface area contributed by atoms with Gasteiger partial charge in [-0.1, -0.05) is 6.08 Å². The fraction of sp³-hybridized carbons (Fsp3) is 0.571. The van der Waals surface area contributed by atoms with E-state index in [1.54, 1.807) is 13.0 Å². The number of aromatic nitrogens is 2. The number of H-pyrrole nitrogens is 1. The lowest BCUT2D eigenvalue weighted by Gasteiger charge is -2.19.